The Bertz CT molecular complexity index is 1020. The van der Waals surface area contributed by atoms with Crippen molar-refractivity contribution in [1.82, 2.24) is 14.6 Å². The summed E-state index contributed by atoms with van der Waals surface area (Å²) in [6.07, 6.45) is 0.281. The number of nitrogens with zero attached hydrogens (tertiary/aromatic N) is 3. The number of thiazole rings is 1. The number of Topliss-reactive ketones (excluding diaryl/α,β-unsaturated/α-hetero) is 1. The lowest BCUT2D eigenvalue weighted by Gasteiger charge is -2.31. The van der Waals surface area contributed by atoms with Gasteiger partial charge in [-0.2, -0.15) is 4.98 Å². The smallest absolute Gasteiger partial charge is 0.258 e. The van der Waals surface area contributed by atoms with Gasteiger partial charge in [0.15, 0.2) is 5.78 Å². The molecule has 0 aliphatic carbocycles. The van der Waals surface area contributed by atoms with E-state index in [0.717, 1.165) is 5.69 Å². The molecule has 1 aliphatic rings. The summed E-state index contributed by atoms with van der Waals surface area (Å²) < 4.78 is 7.48. The number of benzene rings is 1. The van der Waals surface area contributed by atoms with E-state index in [4.69, 9.17) is 4.74 Å². The van der Waals surface area contributed by atoms with Crippen molar-refractivity contribution in [2.75, 3.05) is 5.32 Å². The molecule has 128 valence electrons. The highest BCUT2D eigenvalue weighted by Crippen LogP contribution is 2.33. The van der Waals surface area contributed by atoms with Crippen LogP contribution in [0.1, 0.15) is 46.7 Å². The summed E-state index contributed by atoms with van der Waals surface area (Å²) in [5.74, 6) is 0.351. The maximum absolute atomic E-state index is 12.5. The molecular weight excluding hydrogens is 340 g/mol. The van der Waals surface area contributed by atoms with Crippen LogP contribution >= 0.6 is 11.3 Å². The number of amides is 1. The Labute approximate surface area is 147 Å². The van der Waals surface area contributed by atoms with Gasteiger partial charge in [0.1, 0.15) is 11.4 Å². The predicted octanol–water partition coefficient (Wildman–Crippen LogP) is 3.10. The summed E-state index contributed by atoms with van der Waals surface area (Å²) in [5, 5.41) is 8.87. The second kappa shape index (κ2) is 5.38. The average Bonchev–Trinajstić information content (AvgIpc) is 3.08. The average molecular weight is 356 g/mol. The number of rotatable bonds is 2. The number of aromatic nitrogens is 3. The molecule has 0 atom stereocenters. The highest BCUT2D eigenvalue weighted by molar-refractivity contribution is 7.15. The fourth-order valence-corrected chi connectivity index (χ4v) is 3.61. The SMILES string of the molecule is Cc1csc2nc(NC(=O)c3ccc4c(c3)C(=O)CC(C)(C)O4)nn12. The number of fused-ring (bicyclic) bond motifs is 2. The third kappa shape index (κ3) is 2.78. The van der Waals surface area contributed by atoms with E-state index in [2.05, 4.69) is 15.4 Å². The van der Waals surface area contributed by atoms with Crippen molar-refractivity contribution in [3.8, 4) is 5.75 Å². The minimum atomic E-state index is -0.530. The lowest BCUT2D eigenvalue weighted by atomic mass is 9.92. The van der Waals surface area contributed by atoms with E-state index >= 15 is 0 Å². The molecule has 3 heterocycles. The minimum Gasteiger partial charge on any atom is -0.487 e. The van der Waals surface area contributed by atoms with Gasteiger partial charge in [0.25, 0.3) is 11.9 Å². The van der Waals surface area contributed by atoms with Crippen LogP contribution in [0.2, 0.25) is 0 Å². The topological polar surface area (TPSA) is 85.6 Å². The van der Waals surface area contributed by atoms with Gasteiger partial charge >= 0.3 is 0 Å². The van der Waals surface area contributed by atoms with Crippen molar-refractivity contribution in [1.29, 1.82) is 0 Å². The first-order valence-electron chi connectivity index (χ1n) is 7.81. The van der Waals surface area contributed by atoms with Crippen LogP contribution in [-0.4, -0.2) is 31.9 Å². The molecule has 1 N–H and O–H groups in total. The number of ketones is 1. The van der Waals surface area contributed by atoms with E-state index in [9.17, 15) is 9.59 Å². The van der Waals surface area contributed by atoms with Gasteiger partial charge in [0.05, 0.1) is 17.7 Å². The lowest BCUT2D eigenvalue weighted by molar-refractivity contribution is 0.0620. The highest BCUT2D eigenvalue weighted by atomic mass is 32.1. The molecule has 1 aromatic carbocycles. The summed E-state index contributed by atoms with van der Waals surface area (Å²) in [6, 6.07) is 4.85. The summed E-state index contributed by atoms with van der Waals surface area (Å²) in [4.78, 5) is 29.8. The highest BCUT2D eigenvalue weighted by Gasteiger charge is 2.32. The third-order valence-corrected chi connectivity index (χ3v) is 4.92. The van der Waals surface area contributed by atoms with E-state index in [0.29, 0.717) is 21.8 Å². The first-order valence-corrected chi connectivity index (χ1v) is 8.69. The third-order valence-electron chi connectivity index (χ3n) is 3.99. The predicted molar refractivity (Wildman–Crippen MR) is 93.7 cm³/mol. The number of hydrogen-bond acceptors (Lipinski definition) is 6. The molecule has 7 nitrogen and oxygen atoms in total. The monoisotopic (exact) mass is 356 g/mol. The van der Waals surface area contributed by atoms with Crippen molar-refractivity contribution >= 4 is 33.9 Å². The first-order chi connectivity index (χ1) is 11.8. The molecule has 1 amide bonds. The van der Waals surface area contributed by atoms with Crippen LogP contribution < -0.4 is 10.1 Å². The van der Waals surface area contributed by atoms with Gasteiger partial charge in [-0.05, 0) is 39.0 Å². The molecule has 2 aromatic heterocycles. The number of carbonyl (C=O) groups excluding carboxylic acids is 2. The fourth-order valence-electron chi connectivity index (χ4n) is 2.81. The van der Waals surface area contributed by atoms with Crippen molar-refractivity contribution in [3.63, 3.8) is 0 Å². The Morgan fingerprint density at radius 1 is 1.40 bits per heavy atom. The number of carbonyl (C=O) groups is 2. The Hall–Kier alpha value is -2.74. The number of hydrogen-bond donors (Lipinski definition) is 1. The van der Waals surface area contributed by atoms with Gasteiger partial charge < -0.3 is 4.74 Å². The van der Waals surface area contributed by atoms with Crippen LogP contribution in [0.25, 0.3) is 4.96 Å². The normalized spacial score (nSPS) is 15.7. The van der Waals surface area contributed by atoms with Crippen LogP contribution in [0.15, 0.2) is 23.6 Å². The van der Waals surface area contributed by atoms with Gasteiger partial charge in [-0.1, -0.05) is 0 Å². The van der Waals surface area contributed by atoms with Crippen molar-refractivity contribution in [2.45, 2.75) is 32.8 Å². The van der Waals surface area contributed by atoms with Gasteiger partial charge in [-0.3, -0.25) is 14.9 Å². The molecule has 25 heavy (non-hydrogen) atoms. The van der Waals surface area contributed by atoms with E-state index in [-0.39, 0.29) is 24.1 Å². The molecule has 0 radical (unpaired) electrons. The summed E-state index contributed by atoms with van der Waals surface area (Å²) >= 11 is 1.45. The Balaban J connectivity index is 1.60. The van der Waals surface area contributed by atoms with Crippen molar-refractivity contribution in [3.05, 3.63) is 40.4 Å². The van der Waals surface area contributed by atoms with Crippen molar-refractivity contribution in [2.24, 2.45) is 0 Å². The van der Waals surface area contributed by atoms with Crippen LogP contribution in [0, 0.1) is 6.92 Å². The maximum atomic E-state index is 12.5. The second-order valence-electron chi connectivity index (χ2n) is 6.63. The summed E-state index contributed by atoms with van der Waals surface area (Å²) in [7, 11) is 0. The van der Waals surface area contributed by atoms with Gasteiger partial charge in [0.2, 0.25) is 4.96 Å². The van der Waals surface area contributed by atoms with Crippen molar-refractivity contribution < 1.29 is 14.3 Å². The van der Waals surface area contributed by atoms with Crippen LogP contribution in [0.5, 0.6) is 5.75 Å². The second-order valence-corrected chi connectivity index (χ2v) is 7.47. The molecule has 4 rings (SSSR count). The zero-order valence-electron chi connectivity index (χ0n) is 14.0. The summed E-state index contributed by atoms with van der Waals surface area (Å²) in [6.45, 7) is 5.65. The van der Waals surface area contributed by atoms with E-state index < -0.39 is 5.60 Å². The molecule has 0 fully saturated rings. The molecule has 0 saturated heterocycles. The molecule has 0 spiro atoms. The Kier molecular flexibility index (Phi) is 3.40. The lowest BCUT2D eigenvalue weighted by Crippen LogP contribution is -2.36. The molecule has 0 unspecified atom stereocenters. The zero-order chi connectivity index (χ0) is 17.8. The van der Waals surface area contributed by atoms with Crippen LogP contribution in [0.3, 0.4) is 0 Å². The van der Waals surface area contributed by atoms with Crippen LogP contribution in [-0.2, 0) is 0 Å². The first kappa shape index (κ1) is 15.8. The number of nitrogens with one attached hydrogen (secondary N) is 1. The zero-order valence-corrected chi connectivity index (χ0v) is 14.8. The Morgan fingerprint density at radius 2 is 2.20 bits per heavy atom. The number of ether oxygens (including phenoxy) is 1. The molecule has 0 bridgehead atoms. The number of aryl methyl sites for hydroxylation is 1. The largest absolute Gasteiger partial charge is 0.487 e. The van der Waals surface area contributed by atoms with Crippen LogP contribution in [0.4, 0.5) is 5.95 Å². The molecule has 3 aromatic rings. The molecule has 8 heteroatoms. The fraction of sp³-hybridized carbons (Fsp3) is 0.294. The minimum absolute atomic E-state index is 0.0304. The molecular formula is C17H16N4O3S. The Morgan fingerprint density at radius 3 is 2.96 bits per heavy atom. The van der Waals surface area contributed by atoms with E-state index in [1.807, 2.05) is 26.2 Å². The molecule has 1 aliphatic heterocycles. The summed E-state index contributed by atoms with van der Waals surface area (Å²) in [5.41, 5.74) is 1.22. The van der Waals surface area contributed by atoms with E-state index in [1.165, 1.54) is 11.3 Å². The maximum Gasteiger partial charge on any atom is 0.258 e. The van der Waals surface area contributed by atoms with Gasteiger partial charge in [0, 0.05) is 10.9 Å². The number of anilines is 1. The quantitative estimate of drug-likeness (QED) is 0.762. The standard InChI is InChI=1S/C17H16N4O3S/c1-9-8-25-16-19-15(20-21(9)16)18-14(23)10-4-5-13-11(6-10)12(22)7-17(2,3)24-13/h4-6,8H,7H2,1-3H3,(H,18,20,23). The van der Waals surface area contributed by atoms with Gasteiger partial charge in [-0.15, -0.1) is 16.4 Å². The molecule has 0 saturated carbocycles. The van der Waals surface area contributed by atoms with Gasteiger partial charge in [-0.25, -0.2) is 4.52 Å². The van der Waals surface area contributed by atoms with E-state index in [1.54, 1.807) is 22.7 Å².